The van der Waals surface area contributed by atoms with E-state index < -0.39 is 28.0 Å². The zero-order chi connectivity index (χ0) is 30.9. The molecule has 10 nitrogen and oxygen atoms in total. The molecule has 1 saturated heterocycles. The zero-order valence-electron chi connectivity index (χ0n) is 22.4. The Hall–Kier alpha value is -4.24. The van der Waals surface area contributed by atoms with Gasteiger partial charge in [-0.15, -0.1) is 0 Å². The van der Waals surface area contributed by atoms with Crippen LogP contribution < -0.4 is 14.9 Å². The minimum Gasteiger partial charge on any atom is -0.475 e. The van der Waals surface area contributed by atoms with E-state index in [1.165, 1.54) is 24.4 Å². The van der Waals surface area contributed by atoms with Gasteiger partial charge >= 0.3 is 12.1 Å². The van der Waals surface area contributed by atoms with Crippen molar-refractivity contribution in [2.24, 2.45) is 0 Å². The standard InChI is InChI=1S/C25H28FN5O3S.C2HF3O2/c1-2-30(18-19-6-4-3-5-7-19)25(32)23-16-21(17-28-24(23)31-14-12-27-13-15-31)29-35(33,34)22-10-8-20(26)9-11-22;3-2(4,5)1(6)7/h3-11,16-17,27,29H,2,12-15,18H2,1H3;(H,6,7). The number of carboxylic acids is 1. The van der Waals surface area contributed by atoms with E-state index >= 15 is 0 Å². The van der Waals surface area contributed by atoms with Crippen LogP contribution in [-0.4, -0.2) is 74.2 Å². The number of nitrogens with zero attached hydrogens (tertiary/aromatic N) is 3. The number of carbonyl (C=O) groups excluding carboxylic acids is 1. The molecule has 3 N–H and O–H groups in total. The Labute approximate surface area is 240 Å². The molecule has 2 aromatic carbocycles. The second-order valence-electron chi connectivity index (χ2n) is 9.00. The van der Waals surface area contributed by atoms with Gasteiger partial charge in [0, 0.05) is 39.3 Å². The van der Waals surface area contributed by atoms with Crippen LogP contribution in [0.2, 0.25) is 0 Å². The highest BCUT2D eigenvalue weighted by molar-refractivity contribution is 7.92. The first kappa shape index (κ1) is 32.3. The molecule has 0 aliphatic carbocycles. The molecule has 226 valence electrons. The maximum atomic E-state index is 13.7. The predicted octanol–water partition coefficient (Wildman–Crippen LogP) is 3.73. The van der Waals surface area contributed by atoms with Gasteiger partial charge in [0.05, 0.1) is 22.3 Å². The van der Waals surface area contributed by atoms with Gasteiger partial charge in [-0.25, -0.2) is 22.6 Å². The number of aromatic nitrogens is 1. The van der Waals surface area contributed by atoms with Gasteiger partial charge in [0.15, 0.2) is 0 Å². The molecule has 1 fully saturated rings. The number of hydrogen-bond acceptors (Lipinski definition) is 7. The molecule has 0 saturated carbocycles. The summed E-state index contributed by atoms with van der Waals surface area (Å²) in [6.07, 6.45) is -3.68. The number of amides is 1. The third-order valence-electron chi connectivity index (χ3n) is 6.02. The summed E-state index contributed by atoms with van der Waals surface area (Å²) >= 11 is 0. The van der Waals surface area contributed by atoms with E-state index in [0.29, 0.717) is 37.6 Å². The molecule has 0 bridgehead atoms. The lowest BCUT2D eigenvalue weighted by Crippen LogP contribution is -2.45. The molecule has 1 amide bonds. The van der Waals surface area contributed by atoms with E-state index in [-0.39, 0.29) is 16.5 Å². The van der Waals surface area contributed by atoms with Crippen LogP contribution in [0.3, 0.4) is 0 Å². The van der Waals surface area contributed by atoms with Gasteiger partial charge in [-0.05, 0) is 42.8 Å². The molecule has 15 heteroatoms. The Morgan fingerprint density at radius 1 is 1.07 bits per heavy atom. The zero-order valence-corrected chi connectivity index (χ0v) is 23.3. The third kappa shape index (κ3) is 8.88. The summed E-state index contributed by atoms with van der Waals surface area (Å²) in [5, 5.41) is 10.4. The number of nitrogens with one attached hydrogen (secondary N) is 2. The third-order valence-corrected chi connectivity index (χ3v) is 7.41. The average Bonchev–Trinajstić information content (AvgIpc) is 2.96. The van der Waals surface area contributed by atoms with Crippen LogP contribution in [0.25, 0.3) is 0 Å². The molecule has 0 atom stereocenters. The summed E-state index contributed by atoms with van der Waals surface area (Å²) in [5.74, 6) is -3.00. The maximum Gasteiger partial charge on any atom is 0.490 e. The Bertz CT molecular complexity index is 1470. The van der Waals surface area contributed by atoms with Crippen molar-refractivity contribution < 1.29 is 40.7 Å². The van der Waals surface area contributed by atoms with Crippen LogP contribution in [0.1, 0.15) is 22.8 Å². The Morgan fingerprint density at radius 2 is 1.67 bits per heavy atom. The van der Waals surface area contributed by atoms with Gasteiger partial charge in [-0.1, -0.05) is 30.3 Å². The highest BCUT2D eigenvalue weighted by Gasteiger charge is 2.38. The van der Waals surface area contributed by atoms with Crippen molar-refractivity contribution in [2.75, 3.05) is 42.3 Å². The van der Waals surface area contributed by atoms with Crippen LogP contribution in [0, 0.1) is 5.82 Å². The van der Waals surface area contributed by atoms with Crippen molar-refractivity contribution in [1.82, 2.24) is 15.2 Å². The fourth-order valence-corrected chi connectivity index (χ4v) is 4.96. The van der Waals surface area contributed by atoms with Crippen molar-refractivity contribution in [3.05, 3.63) is 83.8 Å². The van der Waals surface area contributed by atoms with Gasteiger partial charge in [0.2, 0.25) is 0 Å². The topological polar surface area (TPSA) is 132 Å². The number of anilines is 2. The first-order chi connectivity index (χ1) is 19.8. The summed E-state index contributed by atoms with van der Waals surface area (Å²) in [7, 11) is -3.99. The second kappa shape index (κ2) is 14.1. The fraction of sp³-hybridized carbons (Fsp3) is 0.296. The predicted molar refractivity (Wildman–Crippen MR) is 147 cm³/mol. The number of aliphatic carboxylic acids is 1. The second-order valence-corrected chi connectivity index (χ2v) is 10.7. The molecule has 1 aliphatic rings. The Morgan fingerprint density at radius 3 is 2.21 bits per heavy atom. The SMILES string of the molecule is CCN(Cc1ccccc1)C(=O)c1cc(NS(=O)(=O)c2ccc(F)cc2)cnc1N1CCNCC1.O=C(O)C(F)(F)F. The lowest BCUT2D eigenvalue weighted by molar-refractivity contribution is -0.192. The van der Waals surface area contributed by atoms with Gasteiger partial charge < -0.3 is 20.2 Å². The summed E-state index contributed by atoms with van der Waals surface area (Å²) < 4.78 is 73.1. The summed E-state index contributed by atoms with van der Waals surface area (Å²) in [4.78, 5) is 30.7. The number of rotatable bonds is 8. The van der Waals surface area contributed by atoms with Crippen LogP contribution in [-0.2, 0) is 21.4 Å². The van der Waals surface area contributed by atoms with Crippen molar-refractivity contribution in [2.45, 2.75) is 24.5 Å². The van der Waals surface area contributed by atoms with Gasteiger partial charge in [0.1, 0.15) is 11.6 Å². The van der Waals surface area contributed by atoms with Crippen molar-refractivity contribution >= 4 is 33.4 Å². The van der Waals surface area contributed by atoms with Gasteiger partial charge in [-0.2, -0.15) is 13.2 Å². The van der Waals surface area contributed by atoms with E-state index in [4.69, 9.17) is 9.90 Å². The number of sulfonamides is 1. The first-order valence-corrected chi connectivity index (χ1v) is 14.2. The van der Waals surface area contributed by atoms with Gasteiger partial charge in [0.25, 0.3) is 15.9 Å². The highest BCUT2D eigenvalue weighted by atomic mass is 32.2. The van der Waals surface area contributed by atoms with Crippen molar-refractivity contribution in [3.63, 3.8) is 0 Å². The number of carbonyl (C=O) groups is 2. The minimum absolute atomic E-state index is 0.0859. The van der Waals surface area contributed by atoms with E-state index in [1.54, 1.807) is 4.90 Å². The summed E-state index contributed by atoms with van der Waals surface area (Å²) in [5.41, 5.74) is 1.48. The fourth-order valence-electron chi connectivity index (χ4n) is 3.93. The van der Waals surface area contributed by atoms with E-state index in [9.17, 15) is 30.8 Å². The van der Waals surface area contributed by atoms with Gasteiger partial charge in [-0.3, -0.25) is 9.52 Å². The number of alkyl halides is 3. The lowest BCUT2D eigenvalue weighted by Gasteiger charge is -2.31. The van der Waals surface area contributed by atoms with E-state index in [0.717, 1.165) is 30.8 Å². The molecular formula is C27H29F4N5O5S. The molecule has 4 rings (SSSR count). The van der Waals surface area contributed by atoms with E-state index in [2.05, 4.69) is 15.0 Å². The molecular weight excluding hydrogens is 582 g/mol. The smallest absolute Gasteiger partial charge is 0.475 e. The number of halogens is 4. The number of piperazine rings is 1. The Balaban J connectivity index is 0.000000616. The molecule has 3 aromatic rings. The largest absolute Gasteiger partial charge is 0.490 e. The molecule has 0 spiro atoms. The van der Waals surface area contributed by atoms with Crippen LogP contribution in [0.4, 0.5) is 29.1 Å². The minimum atomic E-state index is -5.08. The van der Waals surface area contributed by atoms with Crippen LogP contribution >= 0.6 is 0 Å². The normalized spacial score (nSPS) is 13.5. The average molecular weight is 612 g/mol. The van der Waals surface area contributed by atoms with Crippen LogP contribution in [0.5, 0.6) is 0 Å². The maximum absolute atomic E-state index is 13.7. The molecule has 2 heterocycles. The number of hydrogen-bond donors (Lipinski definition) is 3. The molecule has 0 radical (unpaired) electrons. The number of carboxylic acid groups (broad SMARTS) is 1. The first-order valence-electron chi connectivity index (χ1n) is 12.7. The molecule has 1 aromatic heterocycles. The Kier molecular flexibility index (Phi) is 10.8. The van der Waals surface area contributed by atoms with Crippen LogP contribution in [0.15, 0.2) is 71.8 Å². The molecule has 0 unspecified atom stereocenters. The van der Waals surface area contributed by atoms with E-state index in [1.807, 2.05) is 42.2 Å². The quantitative estimate of drug-likeness (QED) is 0.329. The lowest BCUT2D eigenvalue weighted by atomic mass is 10.1. The number of pyridine rings is 1. The highest BCUT2D eigenvalue weighted by Crippen LogP contribution is 2.26. The van der Waals surface area contributed by atoms with Crippen molar-refractivity contribution in [3.8, 4) is 0 Å². The monoisotopic (exact) mass is 611 g/mol. The molecule has 1 aliphatic heterocycles. The molecule has 42 heavy (non-hydrogen) atoms. The number of benzene rings is 2. The summed E-state index contributed by atoms with van der Waals surface area (Å²) in [6.45, 7) is 5.67. The summed E-state index contributed by atoms with van der Waals surface area (Å²) in [6, 6.07) is 15.7. The van der Waals surface area contributed by atoms with Crippen molar-refractivity contribution in [1.29, 1.82) is 0 Å².